The van der Waals surface area contributed by atoms with Gasteiger partial charge in [-0.05, 0) is 42.8 Å². The van der Waals surface area contributed by atoms with Crippen molar-refractivity contribution < 1.29 is 18.1 Å². The molecule has 0 N–H and O–H groups in total. The first-order valence-corrected chi connectivity index (χ1v) is 10.1. The lowest BCUT2D eigenvalue weighted by Crippen LogP contribution is -2.22. The summed E-state index contributed by atoms with van der Waals surface area (Å²) in [5.74, 6) is 0. The first kappa shape index (κ1) is 21.6. The molecule has 0 fully saturated rings. The maximum atomic E-state index is 13.4. The predicted molar refractivity (Wildman–Crippen MR) is 114 cm³/mol. The van der Waals surface area contributed by atoms with E-state index in [0.29, 0.717) is 22.7 Å². The molecule has 0 aliphatic carbocycles. The van der Waals surface area contributed by atoms with E-state index < -0.39 is 22.4 Å². The van der Waals surface area contributed by atoms with Gasteiger partial charge in [0.25, 0.3) is 11.2 Å². The molecule has 162 valence electrons. The highest BCUT2D eigenvalue weighted by Gasteiger charge is 2.38. The van der Waals surface area contributed by atoms with E-state index in [1.807, 2.05) is 0 Å². The molecule has 0 bridgehead atoms. The molecule has 1 heterocycles. The number of nitro groups is 1. The normalized spacial score (nSPS) is 11.6. The van der Waals surface area contributed by atoms with Crippen LogP contribution in [0, 0.1) is 17.0 Å². The molecule has 0 aliphatic heterocycles. The van der Waals surface area contributed by atoms with E-state index in [1.54, 1.807) is 55.5 Å². The number of nitrogens with zero attached hydrogens (tertiary/aromatic N) is 3. The minimum absolute atomic E-state index is 0.0624. The van der Waals surface area contributed by atoms with E-state index >= 15 is 0 Å². The lowest BCUT2D eigenvalue weighted by molar-refractivity contribution is -0.388. The quantitative estimate of drug-likeness (QED) is 0.221. The molecule has 6 nitrogen and oxygen atoms in total. The van der Waals surface area contributed by atoms with E-state index in [4.69, 9.17) is 0 Å². The van der Waals surface area contributed by atoms with E-state index in [2.05, 4.69) is 4.98 Å². The van der Waals surface area contributed by atoms with Crippen molar-refractivity contribution in [2.45, 2.75) is 23.2 Å². The van der Waals surface area contributed by atoms with Crippen LogP contribution in [-0.4, -0.2) is 14.5 Å². The summed E-state index contributed by atoms with van der Waals surface area (Å²) in [7, 11) is 0. The third kappa shape index (κ3) is 3.96. The van der Waals surface area contributed by atoms with Crippen molar-refractivity contribution in [3.63, 3.8) is 0 Å². The second kappa shape index (κ2) is 8.12. The number of halogens is 3. The van der Waals surface area contributed by atoms with Gasteiger partial charge in [-0.3, -0.25) is 19.5 Å². The zero-order chi connectivity index (χ0) is 23.0. The molecular formula is C22H14F3N3O3S. The lowest BCUT2D eigenvalue weighted by Gasteiger charge is -2.15. The first-order valence-electron chi connectivity index (χ1n) is 9.28. The zero-order valence-corrected chi connectivity index (χ0v) is 17.3. The SMILES string of the molecule is Cc1ccccc1-n1c(Sc2ccc([N+](=O)[O-])c(C(F)(F)F)c2)nc2ccccc2c1=O. The third-order valence-corrected chi connectivity index (χ3v) is 5.73. The summed E-state index contributed by atoms with van der Waals surface area (Å²) in [5.41, 5.74) is -1.07. The Labute approximate surface area is 183 Å². The van der Waals surface area contributed by atoms with Crippen molar-refractivity contribution in [2.75, 3.05) is 0 Å². The average Bonchev–Trinajstić information content (AvgIpc) is 2.74. The number of hydrogen-bond acceptors (Lipinski definition) is 5. The standard InChI is InChI=1S/C22H14F3N3O3S/c1-13-6-2-5-9-18(13)27-20(29)15-7-3-4-8-17(15)26-21(27)32-14-10-11-19(28(30)31)16(12-14)22(23,24)25/h2-12H,1H3. The predicted octanol–water partition coefficient (Wildman–Crippen LogP) is 5.77. The van der Waals surface area contributed by atoms with Crippen LogP contribution < -0.4 is 5.56 Å². The van der Waals surface area contributed by atoms with Crippen LogP contribution in [-0.2, 0) is 6.18 Å². The van der Waals surface area contributed by atoms with Crippen molar-refractivity contribution in [1.82, 2.24) is 9.55 Å². The number of alkyl halides is 3. The van der Waals surface area contributed by atoms with Crippen LogP contribution in [0.1, 0.15) is 11.1 Å². The van der Waals surface area contributed by atoms with Crippen LogP contribution in [0.5, 0.6) is 0 Å². The summed E-state index contributed by atoms with van der Waals surface area (Å²) < 4.78 is 41.6. The van der Waals surface area contributed by atoms with Gasteiger partial charge in [0.2, 0.25) is 0 Å². The highest BCUT2D eigenvalue weighted by molar-refractivity contribution is 7.99. The zero-order valence-electron chi connectivity index (χ0n) is 16.5. The van der Waals surface area contributed by atoms with Gasteiger partial charge in [-0.15, -0.1) is 0 Å². The third-order valence-electron chi connectivity index (χ3n) is 4.78. The smallest absolute Gasteiger partial charge is 0.268 e. The molecule has 0 aliphatic rings. The molecule has 0 atom stereocenters. The minimum atomic E-state index is -4.91. The summed E-state index contributed by atoms with van der Waals surface area (Å²) in [5, 5.41) is 11.6. The Morgan fingerprint density at radius 2 is 1.72 bits per heavy atom. The fourth-order valence-electron chi connectivity index (χ4n) is 3.28. The number of rotatable bonds is 4. The minimum Gasteiger partial charge on any atom is -0.268 e. The van der Waals surface area contributed by atoms with Crippen LogP contribution in [0.15, 0.2) is 81.6 Å². The van der Waals surface area contributed by atoms with Gasteiger partial charge in [-0.25, -0.2) is 4.98 Å². The number of fused-ring (bicyclic) bond motifs is 1. The van der Waals surface area contributed by atoms with E-state index in [0.717, 1.165) is 23.4 Å². The van der Waals surface area contributed by atoms with Gasteiger partial charge >= 0.3 is 6.18 Å². The van der Waals surface area contributed by atoms with Gasteiger partial charge in [-0.2, -0.15) is 13.2 Å². The molecule has 3 aromatic carbocycles. The van der Waals surface area contributed by atoms with Gasteiger partial charge in [0.1, 0.15) is 5.56 Å². The van der Waals surface area contributed by atoms with Crippen LogP contribution in [0.3, 0.4) is 0 Å². The summed E-state index contributed by atoms with van der Waals surface area (Å²) in [6.45, 7) is 1.80. The van der Waals surface area contributed by atoms with Crippen molar-refractivity contribution in [1.29, 1.82) is 0 Å². The van der Waals surface area contributed by atoms with Gasteiger partial charge in [0.05, 0.1) is 21.5 Å². The van der Waals surface area contributed by atoms with Crippen LogP contribution in [0.25, 0.3) is 16.6 Å². The molecule has 0 unspecified atom stereocenters. The topological polar surface area (TPSA) is 78.0 Å². The Morgan fingerprint density at radius 1 is 1.03 bits per heavy atom. The van der Waals surface area contributed by atoms with Gasteiger partial charge in [0.15, 0.2) is 5.16 Å². The number of nitro benzene ring substituents is 1. The van der Waals surface area contributed by atoms with Gasteiger partial charge in [0, 0.05) is 11.0 Å². The second-order valence-electron chi connectivity index (χ2n) is 6.87. The van der Waals surface area contributed by atoms with Crippen LogP contribution in [0.2, 0.25) is 0 Å². The number of aromatic nitrogens is 2. The Bertz CT molecular complexity index is 1420. The Balaban J connectivity index is 1.94. The highest BCUT2D eigenvalue weighted by Crippen LogP contribution is 2.39. The van der Waals surface area contributed by atoms with Crippen molar-refractivity contribution in [3.05, 3.63) is 98.3 Å². The molecule has 0 spiro atoms. The van der Waals surface area contributed by atoms with Crippen LogP contribution in [0.4, 0.5) is 18.9 Å². The van der Waals surface area contributed by atoms with E-state index in [9.17, 15) is 28.1 Å². The Kier molecular flexibility index (Phi) is 5.47. The van der Waals surface area contributed by atoms with Crippen molar-refractivity contribution in [3.8, 4) is 5.69 Å². The van der Waals surface area contributed by atoms with Crippen LogP contribution >= 0.6 is 11.8 Å². The van der Waals surface area contributed by atoms with Crippen molar-refractivity contribution in [2.24, 2.45) is 0 Å². The van der Waals surface area contributed by atoms with Gasteiger partial charge < -0.3 is 0 Å². The fraction of sp³-hybridized carbons (Fsp3) is 0.0909. The Morgan fingerprint density at radius 3 is 2.41 bits per heavy atom. The average molecular weight is 457 g/mol. The maximum Gasteiger partial charge on any atom is 0.423 e. The monoisotopic (exact) mass is 457 g/mol. The number of para-hydroxylation sites is 2. The van der Waals surface area contributed by atoms with Gasteiger partial charge in [-0.1, -0.05) is 42.1 Å². The number of aryl methyl sites for hydroxylation is 1. The van der Waals surface area contributed by atoms with Crippen molar-refractivity contribution >= 4 is 28.4 Å². The molecule has 0 saturated carbocycles. The molecule has 32 heavy (non-hydrogen) atoms. The maximum absolute atomic E-state index is 13.4. The highest BCUT2D eigenvalue weighted by atomic mass is 32.2. The number of benzene rings is 3. The van der Waals surface area contributed by atoms with E-state index in [1.165, 1.54) is 10.6 Å². The molecule has 0 radical (unpaired) electrons. The second-order valence-corrected chi connectivity index (χ2v) is 7.92. The summed E-state index contributed by atoms with van der Waals surface area (Å²) >= 11 is 0.827. The molecule has 10 heteroatoms. The lowest BCUT2D eigenvalue weighted by atomic mass is 10.2. The molecule has 0 amide bonds. The number of hydrogen-bond donors (Lipinski definition) is 0. The first-order chi connectivity index (χ1) is 15.2. The molecule has 4 rings (SSSR count). The van der Waals surface area contributed by atoms with E-state index in [-0.39, 0.29) is 15.6 Å². The molecule has 0 saturated heterocycles. The summed E-state index contributed by atoms with van der Waals surface area (Å²) in [6.07, 6.45) is -4.91. The largest absolute Gasteiger partial charge is 0.423 e. The fourth-order valence-corrected chi connectivity index (χ4v) is 4.22. The molecule has 1 aromatic heterocycles. The summed E-state index contributed by atoms with van der Waals surface area (Å²) in [6, 6.07) is 16.5. The molecular weight excluding hydrogens is 443 g/mol. The Hall–Kier alpha value is -3.66. The molecule has 4 aromatic rings. The summed E-state index contributed by atoms with van der Waals surface area (Å²) in [4.78, 5) is 27.8.